The average molecular weight is 279 g/mol. The third-order valence-corrected chi connectivity index (χ3v) is 2.59. The first-order valence-corrected chi connectivity index (χ1v) is 6.25. The molecule has 0 atom stereocenters. The SMILES string of the molecule is COc1cncnc1OCC#Cc1cccc(CC#N)c1. The van der Waals surface area contributed by atoms with Crippen molar-refractivity contribution in [2.75, 3.05) is 13.7 Å². The highest BCUT2D eigenvalue weighted by Crippen LogP contribution is 2.20. The number of hydrogen-bond acceptors (Lipinski definition) is 5. The zero-order valence-corrected chi connectivity index (χ0v) is 11.5. The molecule has 104 valence electrons. The van der Waals surface area contributed by atoms with E-state index in [-0.39, 0.29) is 6.61 Å². The molecular weight excluding hydrogens is 266 g/mol. The summed E-state index contributed by atoms with van der Waals surface area (Å²) in [5, 5.41) is 8.67. The van der Waals surface area contributed by atoms with Crippen LogP contribution in [0.3, 0.4) is 0 Å². The first-order valence-electron chi connectivity index (χ1n) is 6.25. The molecule has 1 aromatic carbocycles. The molecule has 0 radical (unpaired) electrons. The third kappa shape index (κ3) is 4.22. The lowest BCUT2D eigenvalue weighted by molar-refractivity contribution is 0.316. The maximum atomic E-state index is 8.67. The molecule has 0 aliphatic carbocycles. The number of hydrogen-bond donors (Lipinski definition) is 0. The number of nitriles is 1. The second-order valence-corrected chi connectivity index (χ2v) is 4.02. The molecule has 5 nitrogen and oxygen atoms in total. The Balaban J connectivity index is 1.98. The fourth-order valence-corrected chi connectivity index (χ4v) is 1.65. The smallest absolute Gasteiger partial charge is 0.261 e. The van der Waals surface area contributed by atoms with Crippen molar-refractivity contribution in [2.24, 2.45) is 0 Å². The molecule has 0 fully saturated rings. The molecule has 0 N–H and O–H groups in total. The summed E-state index contributed by atoms with van der Waals surface area (Å²) in [5.74, 6) is 6.71. The number of rotatable bonds is 4. The number of benzene rings is 1. The Kier molecular flexibility index (Phi) is 5.14. The number of nitrogens with zero attached hydrogens (tertiary/aromatic N) is 3. The van der Waals surface area contributed by atoms with Gasteiger partial charge in [-0.2, -0.15) is 10.2 Å². The minimum Gasteiger partial charge on any atom is -0.490 e. The maximum Gasteiger partial charge on any atom is 0.261 e. The van der Waals surface area contributed by atoms with Gasteiger partial charge in [0.15, 0.2) is 12.4 Å². The Morgan fingerprint density at radius 1 is 1.33 bits per heavy atom. The minimum atomic E-state index is 0.190. The van der Waals surface area contributed by atoms with Crippen LogP contribution in [0, 0.1) is 23.2 Å². The summed E-state index contributed by atoms with van der Waals surface area (Å²) in [6.45, 7) is 0.190. The van der Waals surface area contributed by atoms with E-state index in [4.69, 9.17) is 14.7 Å². The van der Waals surface area contributed by atoms with Crippen LogP contribution in [0.5, 0.6) is 11.6 Å². The summed E-state index contributed by atoms with van der Waals surface area (Å²) < 4.78 is 10.5. The van der Waals surface area contributed by atoms with Crippen LogP contribution in [0.25, 0.3) is 0 Å². The first-order chi connectivity index (χ1) is 10.3. The zero-order chi connectivity index (χ0) is 14.9. The van der Waals surface area contributed by atoms with Gasteiger partial charge in [0.25, 0.3) is 5.88 Å². The largest absolute Gasteiger partial charge is 0.490 e. The van der Waals surface area contributed by atoms with E-state index >= 15 is 0 Å². The second-order valence-electron chi connectivity index (χ2n) is 4.02. The molecule has 0 bridgehead atoms. The van der Waals surface area contributed by atoms with Crippen molar-refractivity contribution in [3.63, 3.8) is 0 Å². The highest BCUT2D eigenvalue weighted by molar-refractivity contribution is 5.38. The van der Waals surface area contributed by atoms with Crippen LogP contribution >= 0.6 is 0 Å². The summed E-state index contributed by atoms with van der Waals surface area (Å²) >= 11 is 0. The standard InChI is InChI=1S/C16H13N3O2/c1-20-15-11-18-12-19-16(15)21-9-3-6-13-4-2-5-14(10-13)7-8-17/h2,4-5,10-12H,7,9H2,1H3. The highest BCUT2D eigenvalue weighted by atomic mass is 16.5. The molecule has 21 heavy (non-hydrogen) atoms. The zero-order valence-electron chi connectivity index (χ0n) is 11.5. The van der Waals surface area contributed by atoms with E-state index in [1.807, 2.05) is 24.3 Å². The van der Waals surface area contributed by atoms with E-state index in [9.17, 15) is 0 Å². The molecular formula is C16H13N3O2. The fraction of sp³-hybridized carbons (Fsp3) is 0.188. The van der Waals surface area contributed by atoms with Crippen LogP contribution in [-0.4, -0.2) is 23.7 Å². The second kappa shape index (κ2) is 7.52. The van der Waals surface area contributed by atoms with Gasteiger partial charge in [-0.25, -0.2) is 4.98 Å². The van der Waals surface area contributed by atoms with E-state index in [0.29, 0.717) is 18.1 Å². The molecule has 2 aromatic rings. The molecule has 2 rings (SSSR count). The Morgan fingerprint density at radius 3 is 3.05 bits per heavy atom. The van der Waals surface area contributed by atoms with Crippen LogP contribution in [0.1, 0.15) is 11.1 Å². The molecule has 0 saturated heterocycles. The third-order valence-electron chi connectivity index (χ3n) is 2.59. The van der Waals surface area contributed by atoms with Gasteiger partial charge < -0.3 is 9.47 Å². The Morgan fingerprint density at radius 2 is 2.24 bits per heavy atom. The summed E-state index contributed by atoms with van der Waals surface area (Å²) in [5.41, 5.74) is 1.80. The Labute approximate surface area is 123 Å². The molecule has 0 saturated carbocycles. The van der Waals surface area contributed by atoms with Crippen molar-refractivity contribution in [3.8, 4) is 29.5 Å². The topological polar surface area (TPSA) is 68.0 Å². The minimum absolute atomic E-state index is 0.190. The summed E-state index contributed by atoms with van der Waals surface area (Å²) in [4.78, 5) is 7.81. The van der Waals surface area contributed by atoms with Gasteiger partial charge in [-0.05, 0) is 17.7 Å². The summed E-state index contributed by atoms with van der Waals surface area (Å²) in [7, 11) is 1.53. The van der Waals surface area contributed by atoms with E-state index in [2.05, 4.69) is 27.9 Å². The Hall–Kier alpha value is -3.05. The predicted octanol–water partition coefficient (Wildman–Crippen LogP) is 1.98. The lowest BCUT2D eigenvalue weighted by Crippen LogP contribution is -1.99. The molecule has 0 aliphatic rings. The fourth-order valence-electron chi connectivity index (χ4n) is 1.65. The van der Waals surface area contributed by atoms with Crippen molar-refractivity contribution < 1.29 is 9.47 Å². The van der Waals surface area contributed by atoms with Gasteiger partial charge in [0.2, 0.25) is 0 Å². The predicted molar refractivity (Wildman–Crippen MR) is 76.7 cm³/mol. The van der Waals surface area contributed by atoms with Crippen molar-refractivity contribution in [2.45, 2.75) is 6.42 Å². The van der Waals surface area contributed by atoms with E-state index in [1.165, 1.54) is 19.6 Å². The number of aromatic nitrogens is 2. The summed E-state index contributed by atoms with van der Waals surface area (Å²) in [6, 6.07) is 9.67. The van der Waals surface area contributed by atoms with Gasteiger partial charge in [0, 0.05) is 5.56 Å². The monoisotopic (exact) mass is 279 g/mol. The lowest BCUT2D eigenvalue weighted by atomic mass is 10.1. The van der Waals surface area contributed by atoms with Gasteiger partial charge in [-0.15, -0.1) is 0 Å². The molecule has 0 unspecified atom stereocenters. The summed E-state index contributed by atoms with van der Waals surface area (Å²) in [6.07, 6.45) is 3.29. The van der Waals surface area contributed by atoms with Crippen molar-refractivity contribution in [3.05, 3.63) is 47.9 Å². The average Bonchev–Trinajstić information content (AvgIpc) is 2.53. The molecule has 1 heterocycles. The lowest BCUT2D eigenvalue weighted by Gasteiger charge is -2.05. The molecule has 5 heteroatoms. The van der Waals surface area contributed by atoms with Crippen molar-refractivity contribution >= 4 is 0 Å². The quantitative estimate of drug-likeness (QED) is 0.800. The van der Waals surface area contributed by atoms with E-state index < -0.39 is 0 Å². The Bertz CT molecular complexity index is 711. The van der Waals surface area contributed by atoms with Gasteiger partial charge in [-0.3, -0.25) is 0 Å². The highest BCUT2D eigenvalue weighted by Gasteiger charge is 2.03. The van der Waals surface area contributed by atoms with E-state index in [0.717, 1.165) is 11.1 Å². The van der Waals surface area contributed by atoms with Crippen LogP contribution in [0.4, 0.5) is 0 Å². The van der Waals surface area contributed by atoms with Gasteiger partial charge >= 0.3 is 0 Å². The number of methoxy groups -OCH3 is 1. The van der Waals surface area contributed by atoms with Crippen molar-refractivity contribution in [1.29, 1.82) is 5.26 Å². The van der Waals surface area contributed by atoms with Gasteiger partial charge in [0.1, 0.15) is 6.33 Å². The van der Waals surface area contributed by atoms with Crippen LogP contribution in [0.2, 0.25) is 0 Å². The van der Waals surface area contributed by atoms with Crippen LogP contribution in [-0.2, 0) is 6.42 Å². The molecule has 0 aliphatic heterocycles. The van der Waals surface area contributed by atoms with Crippen molar-refractivity contribution in [1.82, 2.24) is 9.97 Å². The van der Waals surface area contributed by atoms with Crippen LogP contribution < -0.4 is 9.47 Å². The molecule has 1 aromatic heterocycles. The van der Waals surface area contributed by atoms with Gasteiger partial charge in [-0.1, -0.05) is 24.0 Å². The first kappa shape index (κ1) is 14.4. The van der Waals surface area contributed by atoms with Crippen LogP contribution in [0.15, 0.2) is 36.8 Å². The molecule has 0 amide bonds. The molecule has 0 spiro atoms. The van der Waals surface area contributed by atoms with Gasteiger partial charge in [0.05, 0.1) is 25.8 Å². The van der Waals surface area contributed by atoms with E-state index in [1.54, 1.807) is 0 Å². The number of ether oxygens (including phenoxy) is 2. The normalized spacial score (nSPS) is 9.14. The maximum absolute atomic E-state index is 8.67.